The molecule has 0 saturated heterocycles. The third-order valence-electron chi connectivity index (χ3n) is 2.26. The maximum Gasteiger partial charge on any atom is 0.389 e. The minimum atomic E-state index is -4.31. The molecule has 96 valence electrons. The molecular formula is C10H11F5N2. The van der Waals surface area contributed by atoms with Crippen molar-refractivity contribution < 1.29 is 22.0 Å². The van der Waals surface area contributed by atoms with Gasteiger partial charge in [-0.05, 0) is 24.1 Å². The number of hydrogen-bond donors (Lipinski definition) is 2. The van der Waals surface area contributed by atoms with E-state index in [0.717, 1.165) is 12.1 Å². The lowest BCUT2D eigenvalue weighted by molar-refractivity contribution is -0.136. The summed E-state index contributed by atoms with van der Waals surface area (Å²) in [5.74, 6) is 2.92. The van der Waals surface area contributed by atoms with Crippen LogP contribution >= 0.6 is 0 Å². The molecule has 0 radical (unpaired) electrons. The molecule has 0 fully saturated rings. The Morgan fingerprint density at radius 3 is 2.29 bits per heavy atom. The predicted molar refractivity (Wildman–Crippen MR) is 51.7 cm³/mol. The summed E-state index contributed by atoms with van der Waals surface area (Å²) in [4.78, 5) is 0. The van der Waals surface area contributed by atoms with Gasteiger partial charge in [-0.25, -0.2) is 8.78 Å². The number of halogens is 5. The zero-order valence-electron chi connectivity index (χ0n) is 8.69. The van der Waals surface area contributed by atoms with Gasteiger partial charge in [-0.2, -0.15) is 13.2 Å². The SMILES string of the molecule is NNC(CCC(F)(F)F)c1ccc(F)c(F)c1. The molecule has 1 aromatic rings. The van der Waals surface area contributed by atoms with Gasteiger partial charge < -0.3 is 0 Å². The highest BCUT2D eigenvalue weighted by Crippen LogP contribution is 2.27. The molecule has 7 heteroatoms. The Bertz CT molecular complexity index is 377. The summed E-state index contributed by atoms with van der Waals surface area (Å²) in [6.07, 6.45) is -5.71. The average Bonchev–Trinajstić information content (AvgIpc) is 2.22. The second-order valence-corrected chi connectivity index (χ2v) is 3.55. The standard InChI is InChI=1S/C10H11F5N2/c11-7-2-1-6(5-8(7)12)9(17-16)3-4-10(13,14)15/h1-2,5,9,17H,3-4,16H2. The van der Waals surface area contributed by atoms with Crippen molar-refractivity contribution in [2.45, 2.75) is 25.1 Å². The van der Waals surface area contributed by atoms with Crippen molar-refractivity contribution in [1.82, 2.24) is 5.43 Å². The molecular weight excluding hydrogens is 243 g/mol. The molecule has 0 spiro atoms. The summed E-state index contributed by atoms with van der Waals surface area (Å²) >= 11 is 0. The van der Waals surface area contributed by atoms with Crippen molar-refractivity contribution in [3.8, 4) is 0 Å². The molecule has 2 nitrogen and oxygen atoms in total. The lowest BCUT2D eigenvalue weighted by Crippen LogP contribution is -2.29. The molecule has 0 bridgehead atoms. The first-order valence-electron chi connectivity index (χ1n) is 4.81. The second kappa shape index (κ2) is 5.42. The minimum Gasteiger partial charge on any atom is -0.271 e. The number of hydrazine groups is 1. The molecule has 1 aromatic carbocycles. The number of hydrogen-bond acceptors (Lipinski definition) is 2. The Balaban J connectivity index is 2.76. The summed E-state index contributed by atoms with van der Waals surface area (Å²) in [5, 5.41) is 0. The first-order valence-corrected chi connectivity index (χ1v) is 4.81. The summed E-state index contributed by atoms with van der Waals surface area (Å²) in [5.41, 5.74) is 2.33. The molecule has 0 amide bonds. The van der Waals surface area contributed by atoms with E-state index in [1.807, 2.05) is 0 Å². The number of nitrogens with one attached hydrogen (secondary N) is 1. The Morgan fingerprint density at radius 2 is 1.82 bits per heavy atom. The van der Waals surface area contributed by atoms with Gasteiger partial charge in [0.2, 0.25) is 0 Å². The van der Waals surface area contributed by atoms with Crippen molar-refractivity contribution in [3.05, 3.63) is 35.4 Å². The normalized spacial score (nSPS) is 13.8. The summed E-state index contributed by atoms with van der Waals surface area (Å²) in [7, 11) is 0. The lowest BCUT2D eigenvalue weighted by atomic mass is 10.0. The fraction of sp³-hybridized carbons (Fsp3) is 0.400. The molecule has 1 atom stereocenters. The van der Waals surface area contributed by atoms with E-state index < -0.39 is 30.3 Å². The predicted octanol–water partition coefficient (Wildman–Crippen LogP) is 2.81. The first-order chi connectivity index (χ1) is 7.83. The van der Waals surface area contributed by atoms with Crippen LogP contribution in [0.5, 0.6) is 0 Å². The van der Waals surface area contributed by atoms with Gasteiger partial charge in [-0.1, -0.05) is 6.07 Å². The molecule has 0 aromatic heterocycles. The summed E-state index contributed by atoms with van der Waals surface area (Å²) in [6, 6.07) is 2.00. The fourth-order valence-corrected chi connectivity index (χ4v) is 1.38. The van der Waals surface area contributed by atoms with Gasteiger partial charge in [0, 0.05) is 12.5 Å². The van der Waals surface area contributed by atoms with Gasteiger partial charge in [0.15, 0.2) is 11.6 Å². The van der Waals surface area contributed by atoms with Crippen LogP contribution in [0.3, 0.4) is 0 Å². The molecule has 17 heavy (non-hydrogen) atoms. The lowest BCUT2D eigenvalue weighted by Gasteiger charge is -2.17. The second-order valence-electron chi connectivity index (χ2n) is 3.55. The van der Waals surface area contributed by atoms with Gasteiger partial charge in [0.25, 0.3) is 0 Å². The van der Waals surface area contributed by atoms with E-state index >= 15 is 0 Å². The van der Waals surface area contributed by atoms with Crippen LogP contribution in [0.1, 0.15) is 24.4 Å². The van der Waals surface area contributed by atoms with Crippen molar-refractivity contribution in [1.29, 1.82) is 0 Å². The zero-order valence-corrected chi connectivity index (χ0v) is 8.69. The van der Waals surface area contributed by atoms with E-state index in [9.17, 15) is 22.0 Å². The van der Waals surface area contributed by atoms with Gasteiger partial charge >= 0.3 is 6.18 Å². The van der Waals surface area contributed by atoms with Gasteiger partial charge in [0.1, 0.15) is 0 Å². The van der Waals surface area contributed by atoms with Crippen LogP contribution in [0.2, 0.25) is 0 Å². The Kier molecular flexibility index (Phi) is 4.41. The monoisotopic (exact) mass is 254 g/mol. The smallest absolute Gasteiger partial charge is 0.271 e. The molecule has 3 N–H and O–H groups in total. The van der Waals surface area contributed by atoms with Crippen LogP contribution in [0.4, 0.5) is 22.0 Å². The largest absolute Gasteiger partial charge is 0.389 e. The van der Waals surface area contributed by atoms with Crippen LogP contribution in [0, 0.1) is 11.6 Å². The van der Waals surface area contributed by atoms with E-state index in [-0.39, 0.29) is 12.0 Å². The molecule has 0 aliphatic heterocycles. The van der Waals surface area contributed by atoms with E-state index in [4.69, 9.17) is 5.84 Å². The van der Waals surface area contributed by atoms with Crippen LogP contribution < -0.4 is 11.3 Å². The molecule has 0 aliphatic rings. The van der Waals surface area contributed by atoms with Gasteiger partial charge in [-0.3, -0.25) is 11.3 Å². The molecule has 0 saturated carbocycles. The topological polar surface area (TPSA) is 38.0 Å². The van der Waals surface area contributed by atoms with Gasteiger partial charge in [0.05, 0.1) is 0 Å². The highest BCUT2D eigenvalue weighted by Gasteiger charge is 2.28. The average molecular weight is 254 g/mol. The van der Waals surface area contributed by atoms with E-state index in [1.54, 1.807) is 0 Å². The van der Waals surface area contributed by atoms with Gasteiger partial charge in [-0.15, -0.1) is 0 Å². The highest BCUT2D eigenvalue weighted by atomic mass is 19.4. The number of rotatable bonds is 4. The Labute approximate surface area is 94.6 Å². The van der Waals surface area contributed by atoms with E-state index in [2.05, 4.69) is 5.43 Å². The van der Waals surface area contributed by atoms with E-state index in [1.165, 1.54) is 6.07 Å². The third kappa shape index (κ3) is 4.27. The van der Waals surface area contributed by atoms with Crippen molar-refractivity contribution in [2.75, 3.05) is 0 Å². The molecule has 1 unspecified atom stereocenters. The zero-order chi connectivity index (χ0) is 13.1. The fourth-order valence-electron chi connectivity index (χ4n) is 1.38. The maximum atomic E-state index is 12.9. The third-order valence-corrected chi connectivity index (χ3v) is 2.26. The Morgan fingerprint density at radius 1 is 1.18 bits per heavy atom. The highest BCUT2D eigenvalue weighted by molar-refractivity contribution is 5.21. The van der Waals surface area contributed by atoms with E-state index in [0.29, 0.717) is 0 Å². The number of nitrogens with two attached hydrogens (primary N) is 1. The minimum absolute atomic E-state index is 0.177. The van der Waals surface area contributed by atoms with Crippen LogP contribution in [-0.4, -0.2) is 6.18 Å². The molecule has 0 aliphatic carbocycles. The Hall–Kier alpha value is -1.21. The van der Waals surface area contributed by atoms with Crippen LogP contribution in [0.25, 0.3) is 0 Å². The first kappa shape index (κ1) is 13.9. The molecule has 0 heterocycles. The van der Waals surface area contributed by atoms with Crippen LogP contribution in [0.15, 0.2) is 18.2 Å². The van der Waals surface area contributed by atoms with Crippen molar-refractivity contribution in [2.24, 2.45) is 5.84 Å². The summed E-state index contributed by atoms with van der Waals surface area (Å²) in [6.45, 7) is 0. The van der Waals surface area contributed by atoms with Crippen molar-refractivity contribution in [3.63, 3.8) is 0 Å². The summed E-state index contributed by atoms with van der Waals surface area (Å²) < 4.78 is 61.5. The van der Waals surface area contributed by atoms with Crippen molar-refractivity contribution >= 4 is 0 Å². The maximum absolute atomic E-state index is 12.9. The molecule has 1 rings (SSSR count). The van der Waals surface area contributed by atoms with Crippen LogP contribution in [-0.2, 0) is 0 Å². The number of alkyl halides is 3. The quantitative estimate of drug-likeness (QED) is 0.492. The number of benzene rings is 1.